The molecule has 1 heterocycles. The van der Waals surface area contributed by atoms with Crippen molar-refractivity contribution in [1.82, 2.24) is 0 Å². The highest BCUT2D eigenvalue weighted by Gasteiger charge is 2.36. The Balaban J connectivity index is 1.91. The molecule has 0 fully saturated rings. The van der Waals surface area contributed by atoms with E-state index in [0.29, 0.717) is 23.8 Å². The van der Waals surface area contributed by atoms with Crippen molar-refractivity contribution in [2.45, 2.75) is 19.4 Å². The van der Waals surface area contributed by atoms with Gasteiger partial charge in [0.25, 0.3) is 0 Å². The molecule has 3 aromatic carbocycles. The molecule has 1 amide bonds. The van der Waals surface area contributed by atoms with Crippen LogP contribution in [0.15, 0.2) is 60.7 Å². The van der Waals surface area contributed by atoms with E-state index in [9.17, 15) is 14.7 Å². The minimum atomic E-state index is -1.30. The number of carboxylic acid groups (broad SMARTS) is 1. The molecule has 7 heteroatoms. The van der Waals surface area contributed by atoms with E-state index >= 15 is 0 Å². The number of benzene rings is 3. The first-order chi connectivity index (χ1) is 16.0. The third-order valence-corrected chi connectivity index (χ3v) is 5.68. The third kappa shape index (κ3) is 4.22. The number of carbonyl (C=O) groups excluding carboxylic acids is 2. The second-order valence-electron chi connectivity index (χ2n) is 7.59. The van der Waals surface area contributed by atoms with E-state index in [1.54, 1.807) is 31.3 Å². The molecule has 3 aromatic rings. The van der Waals surface area contributed by atoms with Crippen molar-refractivity contribution in [2.24, 2.45) is 0 Å². The van der Waals surface area contributed by atoms with Crippen molar-refractivity contribution in [1.29, 1.82) is 0 Å². The molecule has 0 aromatic heterocycles. The maximum absolute atomic E-state index is 13.4. The number of carboxylic acids is 1. The van der Waals surface area contributed by atoms with Crippen molar-refractivity contribution in [3.63, 3.8) is 0 Å². The van der Waals surface area contributed by atoms with Gasteiger partial charge < -0.3 is 29.0 Å². The van der Waals surface area contributed by atoms with Crippen molar-refractivity contribution in [3.05, 3.63) is 82.9 Å². The summed E-state index contributed by atoms with van der Waals surface area (Å²) < 4.78 is 16.5. The molecule has 1 aliphatic heterocycles. The molecule has 0 spiro atoms. The minimum Gasteiger partial charge on any atom is -0.545 e. The largest absolute Gasteiger partial charge is 0.545 e. The fourth-order valence-corrected chi connectivity index (χ4v) is 4.19. The molecule has 0 saturated heterocycles. The van der Waals surface area contributed by atoms with E-state index < -0.39 is 12.0 Å². The molecule has 33 heavy (non-hydrogen) atoms. The molecule has 4 rings (SSSR count). The fourth-order valence-electron chi connectivity index (χ4n) is 4.19. The van der Waals surface area contributed by atoms with Crippen LogP contribution in [0.4, 0.5) is 5.69 Å². The topological polar surface area (TPSA) is 88.1 Å². The van der Waals surface area contributed by atoms with Crippen LogP contribution in [0, 0.1) is 0 Å². The molecule has 0 bridgehead atoms. The summed E-state index contributed by atoms with van der Waals surface area (Å²) in [5.74, 6) is 0.350. The summed E-state index contributed by atoms with van der Waals surface area (Å²) in [6, 6.07) is 16.9. The summed E-state index contributed by atoms with van der Waals surface area (Å²) in [7, 11) is 3.11. The number of ether oxygens (including phenoxy) is 3. The zero-order valence-electron chi connectivity index (χ0n) is 18.7. The highest BCUT2D eigenvalue weighted by atomic mass is 16.5. The van der Waals surface area contributed by atoms with Gasteiger partial charge in [0.15, 0.2) is 11.5 Å². The third-order valence-electron chi connectivity index (χ3n) is 5.68. The van der Waals surface area contributed by atoms with E-state index in [1.807, 2.05) is 43.3 Å². The molecule has 170 valence electrons. The Hall–Kier alpha value is -4.00. The highest BCUT2D eigenvalue weighted by Crippen LogP contribution is 2.43. The summed E-state index contributed by atoms with van der Waals surface area (Å²) in [6.45, 7) is 2.46. The Labute approximate surface area is 192 Å². The first-order valence-corrected chi connectivity index (χ1v) is 10.6. The lowest BCUT2D eigenvalue weighted by Crippen LogP contribution is -2.41. The Morgan fingerprint density at radius 2 is 1.73 bits per heavy atom. The maximum Gasteiger partial charge on any atom is 0.232 e. The van der Waals surface area contributed by atoms with E-state index in [2.05, 4.69) is 0 Å². The first-order valence-electron chi connectivity index (χ1n) is 10.6. The van der Waals surface area contributed by atoms with Crippen molar-refractivity contribution < 1.29 is 28.9 Å². The first kappa shape index (κ1) is 22.2. The quantitative estimate of drug-likeness (QED) is 0.554. The van der Waals surface area contributed by atoms with E-state index in [0.717, 1.165) is 22.4 Å². The lowest BCUT2D eigenvalue weighted by molar-refractivity contribution is -0.255. The SMILES string of the molecule is CCOc1ccc(C2c3cc(OC)c(OC)cc3CC(=O)N2c2cccc(C(=O)[O-])c2)cc1. The minimum absolute atomic E-state index is 0.00357. The van der Waals surface area contributed by atoms with Crippen LogP contribution in [0.5, 0.6) is 17.2 Å². The molecule has 0 N–H and O–H groups in total. The molecule has 0 radical (unpaired) electrons. The van der Waals surface area contributed by atoms with Gasteiger partial charge >= 0.3 is 0 Å². The summed E-state index contributed by atoms with van der Waals surface area (Å²) in [6.07, 6.45) is 0.138. The van der Waals surface area contributed by atoms with Crippen LogP contribution in [0.3, 0.4) is 0 Å². The van der Waals surface area contributed by atoms with Crippen LogP contribution in [-0.2, 0) is 11.2 Å². The van der Waals surface area contributed by atoms with Gasteiger partial charge in [0.1, 0.15) is 5.75 Å². The predicted octanol–water partition coefficient (Wildman–Crippen LogP) is 3.14. The Morgan fingerprint density at radius 1 is 1.03 bits per heavy atom. The maximum atomic E-state index is 13.4. The van der Waals surface area contributed by atoms with Crippen LogP contribution < -0.4 is 24.2 Å². The monoisotopic (exact) mass is 446 g/mol. The van der Waals surface area contributed by atoms with Gasteiger partial charge in [-0.1, -0.05) is 24.3 Å². The molecule has 1 atom stereocenters. The van der Waals surface area contributed by atoms with Crippen molar-refractivity contribution in [3.8, 4) is 17.2 Å². The van der Waals surface area contributed by atoms with Gasteiger partial charge in [-0.2, -0.15) is 0 Å². The van der Waals surface area contributed by atoms with Gasteiger partial charge in [0.2, 0.25) is 5.91 Å². The average molecular weight is 446 g/mol. The molecular weight excluding hydrogens is 422 g/mol. The number of rotatable bonds is 7. The van der Waals surface area contributed by atoms with E-state index in [1.165, 1.54) is 12.1 Å². The Morgan fingerprint density at radius 3 is 2.36 bits per heavy atom. The van der Waals surface area contributed by atoms with E-state index in [4.69, 9.17) is 14.2 Å². The lowest BCUT2D eigenvalue weighted by atomic mass is 9.86. The molecule has 7 nitrogen and oxygen atoms in total. The fraction of sp³-hybridized carbons (Fsp3) is 0.231. The number of aromatic carboxylic acids is 1. The number of hydrogen-bond donors (Lipinski definition) is 0. The molecule has 0 saturated carbocycles. The van der Waals surface area contributed by atoms with E-state index in [-0.39, 0.29) is 17.9 Å². The molecule has 0 aliphatic carbocycles. The Kier molecular flexibility index (Phi) is 6.22. The molecular formula is C26H24NO6-. The average Bonchev–Trinajstić information content (AvgIpc) is 2.83. The van der Waals surface area contributed by atoms with Gasteiger partial charge in [0, 0.05) is 5.69 Å². The van der Waals surface area contributed by atoms with Crippen LogP contribution in [0.1, 0.15) is 40.0 Å². The Bertz CT molecular complexity index is 1190. The summed E-state index contributed by atoms with van der Waals surface area (Å²) in [5.41, 5.74) is 3.02. The number of anilines is 1. The zero-order valence-corrected chi connectivity index (χ0v) is 18.7. The number of amides is 1. The standard InChI is InChI=1S/C26H25NO6/c1-4-33-20-10-8-16(9-11-20)25-21-15-23(32-3)22(31-2)13-18(21)14-24(28)27(25)19-7-5-6-17(12-19)26(29)30/h5-13,15,25H,4,14H2,1-3H3,(H,29,30)/p-1. The summed E-state index contributed by atoms with van der Waals surface area (Å²) in [4.78, 5) is 26.5. The highest BCUT2D eigenvalue weighted by molar-refractivity contribution is 5.99. The van der Waals surface area contributed by atoms with Crippen molar-refractivity contribution >= 4 is 17.6 Å². The number of carbonyl (C=O) groups is 2. The smallest absolute Gasteiger partial charge is 0.232 e. The van der Waals surface area contributed by atoms with Crippen molar-refractivity contribution in [2.75, 3.05) is 25.7 Å². The van der Waals surface area contributed by atoms with Gasteiger partial charge in [-0.15, -0.1) is 0 Å². The second kappa shape index (κ2) is 9.24. The van der Waals surface area contributed by atoms with Crippen LogP contribution >= 0.6 is 0 Å². The van der Waals surface area contributed by atoms with Crippen LogP contribution in [-0.4, -0.2) is 32.7 Å². The summed E-state index contributed by atoms with van der Waals surface area (Å²) in [5, 5.41) is 11.5. The van der Waals surface area contributed by atoms with Gasteiger partial charge in [0.05, 0.1) is 39.3 Å². The zero-order chi connectivity index (χ0) is 23.5. The number of fused-ring (bicyclic) bond motifs is 1. The molecule has 1 aliphatic rings. The van der Waals surface area contributed by atoms with Gasteiger partial charge in [-0.25, -0.2) is 0 Å². The predicted molar refractivity (Wildman–Crippen MR) is 121 cm³/mol. The molecule has 1 unspecified atom stereocenters. The van der Waals surface area contributed by atoms with Crippen LogP contribution in [0.25, 0.3) is 0 Å². The second-order valence-corrected chi connectivity index (χ2v) is 7.59. The van der Waals surface area contributed by atoms with Gasteiger partial charge in [-0.05, 0) is 65.6 Å². The number of hydrogen-bond acceptors (Lipinski definition) is 6. The van der Waals surface area contributed by atoms with Crippen LogP contribution in [0.2, 0.25) is 0 Å². The number of methoxy groups -OCH3 is 2. The summed E-state index contributed by atoms with van der Waals surface area (Å²) >= 11 is 0. The normalized spacial score (nSPS) is 15.1. The van der Waals surface area contributed by atoms with Gasteiger partial charge in [-0.3, -0.25) is 4.79 Å². The number of nitrogens with zero attached hydrogens (tertiary/aromatic N) is 1. The lowest BCUT2D eigenvalue weighted by Gasteiger charge is -2.38.